The highest BCUT2D eigenvalue weighted by molar-refractivity contribution is 7.80. The van der Waals surface area contributed by atoms with Crippen LogP contribution < -0.4 is 10.5 Å². The molecule has 1 aromatic rings. The Kier molecular flexibility index (Phi) is 5.69. The van der Waals surface area contributed by atoms with Crippen LogP contribution in [0.25, 0.3) is 0 Å². The number of para-hydroxylation sites is 1. The van der Waals surface area contributed by atoms with Crippen LogP contribution in [0.4, 0.5) is 0 Å². The summed E-state index contributed by atoms with van der Waals surface area (Å²) in [5, 5.41) is 9.99. The summed E-state index contributed by atoms with van der Waals surface area (Å²) in [4.78, 5) is 2.88. The maximum atomic E-state index is 9.99. The summed E-state index contributed by atoms with van der Waals surface area (Å²) < 4.78 is 12.5. The molecule has 27 heavy (non-hydrogen) atoms. The third-order valence-corrected chi connectivity index (χ3v) is 6.92. The van der Waals surface area contributed by atoms with E-state index in [0.29, 0.717) is 19.1 Å². The lowest BCUT2D eigenvalue weighted by Gasteiger charge is -2.48. The number of aliphatic hydroxyl groups excluding tert-OH is 1. The van der Waals surface area contributed by atoms with Gasteiger partial charge in [-0.05, 0) is 56.1 Å². The summed E-state index contributed by atoms with van der Waals surface area (Å²) in [5.41, 5.74) is 7.19. The first-order valence-electron chi connectivity index (χ1n) is 10.1. The Hall–Kier alpha value is -1.21. The first kappa shape index (κ1) is 19.1. The van der Waals surface area contributed by atoms with Gasteiger partial charge in [-0.3, -0.25) is 0 Å². The monoisotopic (exact) mass is 390 g/mol. The minimum Gasteiger partial charge on any atom is -0.486 e. The summed E-state index contributed by atoms with van der Waals surface area (Å²) in [5.74, 6) is 1.46. The van der Waals surface area contributed by atoms with Crippen LogP contribution in [0.15, 0.2) is 24.3 Å². The SMILES string of the molecule is N[C@@]1(CO)CCCN2C(=S)COc3ccccc3C3CCC(CC3)OC[C@H]21. The van der Waals surface area contributed by atoms with Gasteiger partial charge >= 0.3 is 0 Å². The molecule has 0 aromatic heterocycles. The summed E-state index contributed by atoms with van der Waals surface area (Å²) >= 11 is 5.73. The Labute approximate surface area is 166 Å². The maximum absolute atomic E-state index is 9.99. The fourth-order valence-electron chi connectivity index (χ4n) is 4.89. The van der Waals surface area contributed by atoms with Gasteiger partial charge in [0.15, 0.2) is 0 Å². The Bertz CT molecular complexity index is 677. The van der Waals surface area contributed by atoms with E-state index in [1.165, 1.54) is 5.56 Å². The van der Waals surface area contributed by atoms with E-state index in [9.17, 15) is 5.11 Å². The van der Waals surface area contributed by atoms with Gasteiger partial charge in [-0.25, -0.2) is 0 Å². The van der Waals surface area contributed by atoms with Gasteiger partial charge in [0.05, 0.1) is 30.9 Å². The largest absolute Gasteiger partial charge is 0.486 e. The van der Waals surface area contributed by atoms with Crippen molar-refractivity contribution >= 4 is 17.2 Å². The normalized spacial score (nSPS) is 34.5. The van der Waals surface area contributed by atoms with Crippen molar-refractivity contribution in [3.05, 3.63) is 29.8 Å². The van der Waals surface area contributed by atoms with Crippen LogP contribution in [-0.4, -0.2) is 59.0 Å². The molecule has 1 saturated carbocycles. The molecule has 4 aliphatic rings. The first-order chi connectivity index (χ1) is 13.1. The molecule has 3 heterocycles. The lowest BCUT2D eigenvalue weighted by atomic mass is 9.81. The molecule has 1 aliphatic carbocycles. The first-order valence-corrected chi connectivity index (χ1v) is 10.5. The molecule has 1 aromatic carbocycles. The van der Waals surface area contributed by atoms with Gasteiger partial charge in [0.25, 0.3) is 0 Å². The number of aliphatic hydroxyl groups is 1. The van der Waals surface area contributed by atoms with Crippen LogP contribution in [0.5, 0.6) is 5.75 Å². The van der Waals surface area contributed by atoms with Crippen LogP contribution in [0.3, 0.4) is 0 Å². The van der Waals surface area contributed by atoms with Crippen molar-refractivity contribution in [2.45, 2.75) is 62.1 Å². The molecule has 2 bridgehead atoms. The van der Waals surface area contributed by atoms with Gasteiger partial charge in [0.1, 0.15) is 17.3 Å². The lowest BCUT2D eigenvalue weighted by Crippen LogP contribution is -2.67. The number of hydrogen-bond acceptors (Lipinski definition) is 5. The smallest absolute Gasteiger partial charge is 0.138 e. The van der Waals surface area contributed by atoms with E-state index in [-0.39, 0.29) is 18.8 Å². The molecule has 5 rings (SSSR count). The molecule has 6 heteroatoms. The number of piperidine rings is 1. The molecule has 0 spiro atoms. The zero-order valence-corrected chi connectivity index (χ0v) is 16.6. The van der Waals surface area contributed by atoms with E-state index in [0.717, 1.165) is 55.8 Å². The molecule has 1 saturated heterocycles. The Balaban J connectivity index is 1.64. The van der Waals surface area contributed by atoms with Crippen LogP contribution in [0.1, 0.15) is 50.0 Å². The number of ether oxygens (including phenoxy) is 2. The molecule has 0 unspecified atom stereocenters. The third kappa shape index (κ3) is 3.86. The highest BCUT2D eigenvalue weighted by Gasteiger charge is 2.43. The summed E-state index contributed by atoms with van der Waals surface area (Å²) in [7, 11) is 0. The zero-order valence-electron chi connectivity index (χ0n) is 15.8. The van der Waals surface area contributed by atoms with Crippen molar-refractivity contribution in [1.82, 2.24) is 4.90 Å². The van der Waals surface area contributed by atoms with Gasteiger partial charge in [-0.2, -0.15) is 0 Å². The minimum atomic E-state index is -0.683. The number of rotatable bonds is 1. The minimum absolute atomic E-state index is 0.0590. The van der Waals surface area contributed by atoms with Crippen molar-refractivity contribution in [3.8, 4) is 5.75 Å². The van der Waals surface area contributed by atoms with Crippen LogP contribution >= 0.6 is 12.2 Å². The summed E-state index contributed by atoms with van der Waals surface area (Å²) in [6.45, 7) is 1.65. The Morgan fingerprint density at radius 1 is 1.22 bits per heavy atom. The second-order valence-corrected chi connectivity index (χ2v) is 8.70. The van der Waals surface area contributed by atoms with E-state index in [2.05, 4.69) is 23.1 Å². The third-order valence-electron chi connectivity index (χ3n) is 6.57. The number of nitrogens with zero attached hydrogens (tertiary/aromatic N) is 1. The Morgan fingerprint density at radius 2 is 2.00 bits per heavy atom. The van der Waals surface area contributed by atoms with E-state index in [4.69, 9.17) is 27.4 Å². The predicted octanol–water partition coefficient (Wildman–Crippen LogP) is 2.60. The Morgan fingerprint density at radius 3 is 2.78 bits per heavy atom. The van der Waals surface area contributed by atoms with E-state index < -0.39 is 5.54 Å². The van der Waals surface area contributed by atoms with Gasteiger partial charge in [0.2, 0.25) is 0 Å². The molecule has 3 aliphatic heterocycles. The second-order valence-electron chi connectivity index (χ2n) is 8.23. The fraction of sp³-hybridized carbons (Fsp3) is 0.667. The quantitative estimate of drug-likeness (QED) is 0.719. The van der Waals surface area contributed by atoms with Crippen molar-refractivity contribution in [1.29, 1.82) is 0 Å². The number of nitrogens with two attached hydrogens (primary N) is 1. The van der Waals surface area contributed by atoms with Gasteiger partial charge in [-0.1, -0.05) is 30.4 Å². The lowest BCUT2D eigenvalue weighted by molar-refractivity contribution is -0.0367. The van der Waals surface area contributed by atoms with Gasteiger partial charge in [-0.15, -0.1) is 0 Å². The van der Waals surface area contributed by atoms with Crippen molar-refractivity contribution in [2.24, 2.45) is 5.73 Å². The van der Waals surface area contributed by atoms with Crippen LogP contribution in [-0.2, 0) is 4.74 Å². The molecule has 148 valence electrons. The van der Waals surface area contributed by atoms with E-state index in [1.807, 2.05) is 6.07 Å². The topological polar surface area (TPSA) is 68.0 Å². The second kappa shape index (κ2) is 8.03. The number of benzene rings is 1. The summed E-state index contributed by atoms with van der Waals surface area (Å²) in [6, 6.07) is 8.24. The number of thiocarbonyl (C=S) groups is 1. The molecular formula is C21H30N2O3S. The van der Waals surface area contributed by atoms with Crippen molar-refractivity contribution in [3.63, 3.8) is 0 Å². The average molecular weight is 391 g/mol. The molecule has 0 radical (unpaired) electrons. The van der Waals surface area contributed by atoms with E-state index in [1.54, 1.807) is 0 Å². The van der Waals surface area contributed by atoms with Crippen LogP contribution in [0.2, 0.25) is 0 Å². The molecule has 2 atom stereocenters. The molecular weight excluding hydrogens is 360 g/mol. The number of fused-ring (bicyclic) bond motifs is 5. The molecule has 2 fully saturated rings. The van der Waals surface area contributed by atoms with Crippen molar-refractivity contribution in [2.75, 3.05) is 26.4 Å². The van der Waals surface area contributed by atoms with Crippen molar-refractivity contribution < 1.29 is 14.6 Å². The predicted molar refractivity (Wildman–Crippen MR) is 109 cm³/mol. The number of hydrogen-bond donors (Lipinski definition) is 2. The standard InChI is InChI=1S/C21H30N2O3S/c22-21(14-24)10-3-11-23-19(21)12-25-16-8-6-15(7-9-16)17-4-1-2-5-18(17)26-13-20(23)27/h1-2,4-5,15-16,19,24H,3,6-14,22H2/t15?,16?,19-,21+/m0/s1. The molecule has 3 N–H and O–H groups in total. The molecule has 5 nitrogen and oxygen atoms in total. The van der Waals surface area contributed by atoms with Gasteiger partial charge < -0.3 is 25.2 Å². The average Bonchev–Trinajstić information content (AvgIpc) is 2.72. The maximum Gasteiger partial charge on any atom is 0.138 e. The zero-order chi connectivity index (χ0) is 18.9. The van der Waals surface area contributed by atoms with Gasteiger partial charge in [0, 0.05) is 6.54 Å². The fourth-order valence-corrected chi connectivity index (χ4v) is 5.17. The highest BCUT2D eigenvalue weighted by atomic mass is 32.1. The van der Waals surface area contributed by atoms with E-state index >= 15 is 0 Å². The molecule has 0 amide bonds. The van der Waals surface area contributed by atoms with Crippen LogP contribution in [0, 0.1) is 0 Å². The summed E-state index contributed by atoms with van der Waals surface area (Å²) in [6.07, 6.45) is 6.27. The highest BCUT2D eigenvalue weighted by Crippen LogP contribution is 2.39.